The van der Waals surface area contributed by atoms with Gasteiger partial charge in [-0.15, -0.1) is 0 Å². The highest BCUT2D eigenvalue weighted by atomic mass is 16.5. The van der Waals surface area contributed by atoms with E-state index in [-0.39, 0.29) is 50.4 Å². The SMILES string of the molecule is COc1ccc2[nH]c(C(=O)N[C@@H]3C[C@H]4C(=O)N[C@H](C(=O)O)CCC(=O)NCCCC[C@H](NC(=O)c5ccc(-n6cccn6)cc5)C(=O)N4C3)cc2c1. The van der Waals surface area contributed by atoms with Crippen LogP contribution < -0.4 is 26.0 Å². The summed E-state index contributed by atoms with van der Waals surface area (Å²) in [7, 11) is 1.54. The Kier molecular flexibility index (Phi) is 10.8. The van der Waals surface area contributed by atoms with Crippen LogP contribution in [0.25, 0.3) is 16.6 Å². The van der Waals surface area contributed by atoms with Crippen molar-refractivity contribution in [3.63, 3.8) is 0 Å². The maximum Gasteiger partial charge on any atom is 0.326 e. The van der Waals surface area contributed by atoms with Gasteiger partial charge in [0.15, 0.2) is 0 Å². The number of nitrogens with zero attached hydrogens (tertiary/aromatic N) is 3. The standard InChI is InChI=1S/C36H40N8O8/c1-52-25-10-11-26-22(17-25)18-29(40-26)33(47)39-23-19-30-34(48)42-28(36(50)51)12-13-31(45)37-14-3-2-5-27(35(49)43(30)20-23)41-32(46)21-6-8-24(9-7-21)44-16-4-15-38-44/h4,6-11,15-18,23,27-28,30,40H,2-3,5,12-14,19-20H2,1H3,(H,37,45)(H,39,47)(H,41,46)(H,42,48)(H,50,51)/t23-,27+,28+,30+/m1/s1. The number of fused-ring (bicyclic) bond motifs is 2. The van der Waals surface area contributed by atoms with Gasteiger partial charge in [0.25, 0.3) is 11.8 Å². The summed E-state index contributed by atoms with van der Waals surface area (Å²) in [5.74, 6) is -3.35. The van der Waals surface area contributed by atoms with Gasteiger partial charge < -0.3 is 41.0 Å². The molecule has 2 saturated heterocycles. The number of aromatic nitrogens is 3. The molecule has 0 saturated carbocycles. The number of carbonyl (C=O) groups excluding carboxylic acids is 5. The lowest BCUT2D eigenvalue weighted by atomic mass is 10.1. The molecule has 0 unspecified atom stereocenters. The number of hydrogen-bond acceptors (Lipinski definition) is 8. The number of carbonyl (C=O) groups is 6. The first-order valence-corrected chi connectivity index (χ1v) is 17.1. The number of nitrogens with one attached hydrogen (secondary N) is 5. The van der Waals surface area contributed by atoms with Crippen molar-refractivity contribution < 1.29 is 38.6 Å². The molecule has 0 radical (unpaired) electrons. The Morgan fingerprint density at radius 1 is 0.981 bits per heavy atom. The molecule has 6 N–H and O–H groups in total. The summed E-state index contributed by atoms with van der Waals surface area (Å²) >= 11 is 0. The molecular formula is C36H40N8O8. The molecule has 5 amide bonds. The molecule has 4 heterocycles. The van der Waals surface area contributed by atoms with Crippen LogP contribution in [0.15, 0.2) is 67.0 Å². The Balaban J connectivity index is 1.24. The van der Waals surface area contributed by atoms with Gasteiger partial charge in [0.1, 0.15) is 29.6 Å². The zero-order valence-corrected chi connectivity index (χ0v) is 28.5. The third-order valence-corrected chi connectivity index (χ3v) is 9.31. The fourth-order valence-corrected chi connectivity index (χ4v) is 6.53. The molecule has 2 aromatic heterocycles. The zero-order chi connectivity index (χ0) is 36.8. The summed E-state index contributed by atoms with van der Waals surface area (Å²) < 4.78 is 6.92. The number of aromatic amines is 1. The Bertz CT molecular complexity index is 1960. The third kappa shape index (κ3) is 8.22. The second-order valence-electron chi connectivity index (χ2n) is 12.9. The molecule has 4 aromatic rings. The summed E-state index contributed by atoms with van der Waals surface area (Å²) in [6, 6.07) is 11.1. The third-order valence-electron chi connectivity index (χ3n) is 9.31. The smallest absolute Gasteiger partial charge is 0.326 e. The van der Waals surface area contributed by atoms with Gasteiger partial charge in [0, 0.05) is 54.4 Å². The number of benzene rings is 2. The molecule has 0 spiro atoms. The minimum Gasteiger partial charge on any atom is -0.497 e. The van der Waals surface area contributed by atoms with E-state index >= 15 is 0 Å². The monoisotopic (exact) mass is 712 g/mol. The topological polar surface area (TPSA) is 217 Å². The average Bonchev–Trinajstić information content (AvgIpc) is 3.92. The molecule has 16 heteroatoms. The second kappa shape index (κ2) is 15.8. The van der Waals surface area contributed by atoms with Crippen LogP contribution >= 0.6 is 0 Å². The summed E-state index contributed by atoms with van der Waals surface area (Å²) in [4.78, 5) is 83.9. The van der Waals surface area contributed by atoms with Crippen molar-refractivity contribution in [1.29, 1.82) is 0 Å². The predicted octanol–water partition coefficient (Wildman–Crippen LogP) is 1.51. The molecule has 2 fully saturated rings. The van der Waals surface area contributed by atoms with Crippen molar-refractivity contribution >= 4 is 46.4 Å². The number of methoxy groups -OCH3 is 1. The van der Waals surface area contributed by atoms with Gasteiger partial charge in [-0.1, -0.05) is 0 Å². The zero-order valence-electron chi connectivity index (χ0n) is 28.5. The number of carboxylic acids is 1. The van der Waals surface area contributed by atoms with E-state index in [4.69, 9.17) is 4.74 Å². The first kappa shape index (κ1) is 35.6. The lowest BCUT2D eigenvalue weighted by Crippen LogP contribution is -2.55. The van der Waals surface area contributed by atoms with Crippen LogP contribution in [-0.2, 0) is 19.2 Å². The van der Waals surface area contributed by atoms with E-state index in [1.165, 1.54) is 4.90 Å². The highest BCUT2D eigenvalue weighted by Gasteiger charge is 2.43. The number of H-pyrrole nitrogens is 1. The second-order valence-corrected chi connectivity index (χ2v) is 12.9. The number of rotatable bonds is 7. The minimum atomic E-state index is -1.39. The van der Waals surface area contributed by atoms with Crippen LogP contribution in [0.4, 0.5) is 0 Å². The number of carboxylic acid groups (broad SMARTS) is 1. The van der Waals surface area contributed by atoms with E-state index in [2.05, 4.69) is 31.3 Å². The Morgan fingerprint density at radius 3 is 2.52 bits per heavy atom. The first-order valence-electron chi connectivity index (χ1n) is 17.1. The maximum absolute atomic E-state index is 14.3. The van der Waals surface area contributed by atoms with Crippen LogP contribution in [-0.4, -0.2) is 105 Å². The summed E-state index contributed by atoms with van der Waals surface area (Å²) in [5, 5.41) is 25.8. The molecule has 0 bridgehead atoms. The Labute approximate surface area is 298 Å². The number of ether oxygens (including phenoxy) is 1. The molecule has 2 aliphatic rings. The number of hydrogen-bond donors (Lipinski definition) is 6. The van der Waals surface area contributed by atoms with Crippen molar-refractivity contribution in [3.8, 4) is 11.4 Å². The van der Waals surface area contributed by atoms with Gasteiger partial charge >= 0.3 is 5.97 Å². The van der Waals surface area contributed by atoms with Gasteiger partial charge in [-0.05, 0) is 86.7 Å². The van der Waals surface area contributed by atoms with Gasteiger partial charge in [0.05, 0.1) is 12.8 Å². The molecule has 2 aromatic carbocycles. The van der Waals surface area contributed by atoms with E-state index in [1.54, 1.807) is 78.8 Å². The number of aliphatic carboxylic acids is 1. The number of amides is 5. The Morgan fingerprint density at radius 2 is 1.79 bits per heavy atom. The quantitative estimate of drug-likeness (QED) is 0.164. The van der Waals surface area contributed by atoms with E-state index in [1.807, 2.05) is 0 Å². The normalized spacial score (nSPS) is 21.6. The molecule has 272 valence electrons. The van der Waals surface area contributed by atoms with Crippen molar-refractivity contribution in [2.24, 2.45) is 0 Å². The van der Waals surface area contributed by atoms with E-state index in [0.29, 0.717) is 29.7 Å². The van der Waals surface area contributed by atoms with E-state index in [9.17, 15) is 33.9 Å². The van der Waals surface area contributed by atoms with Crippen molar-refractivity contribution in [1.82, 2.24) is 40.9 Å². The van der Waals surface area contributed by atoms with Crippen LogP contribution in [0.2, 0.25) is 0 Å². The van der Waals surface area contributed by atoms with Crippen molar-refractivity contribution in [3.05, 3.63) is 78.2 Å². The maximum atomic E-state index is 14.3. The highest BCUT2D eigenvalue weighted by molar-refractivity contribution is 6.00. The summed E-state index contributed by atoms with van der Waals surface area (Å²) in [5.41, 5.74) is 2.01. The Hall–Kier alpha value is -6.19. The van der Waals surface area contributed by atoms with Crippen LogP contribution in [0.1, 0.15) is 59.4 Å². The summed E-state index contributed by atoms with van der Waals surface area (Å²) in [6.45, 7) is 0.215. The largest absolute Gasteiger partial charge is 0.497 e. The molecular weight excluding hydrogens is 672 g/mol. The average molecular weight is 713 g/mol. The first-order chi connectivity index (χ1) is 25.1. The fraction of sp³-hybridized carbons (Fsp3) is 0.361. The molecule has 16 nitrogen and oxygen atoms in total. The van der Waals surface area contributed by atoms with E-state index in [0.717, 1.165) is 11.1 Å². The minimum absolute atomic E-state index is 0.0141. The van der Waals surface area contributed by atoms with Crippen LogP contribution in [0.3, 0.4) is 0 Å². The molecule has 2 aliphatic heterocycles. The predicted molar refractivity (Wildman–Crippen MR) is 187 cm³/mol. The molecule has 52 heavy (non-hydrogen) atoms. The van der Waals surface area contributed by atoms with Crippen LogP contribution in [0.5, 0.6) is 5.75 Å². The lowest BCUT2D eigenvalue weighted by molar-refractivity contribution is -0.144. The van der Waals surface area contributed by atoms with Gasteiger partial charge in [0.2, 0.25) is 17.7 Å². The van der Waals surface area contributed by atoms with Gasteiger partial charge in [-0.3, -0.25) is 24.0 Å². The molecule has 4 atom stereocenters. The van der Waals surface area contributed by atoms with Crippen LogP contribution in [0, 0.1) is 0 Å². The summed E-state index contributed by atoms with van der Waals surface area (Å²) in [6.07, 6.45) is 4.24. The molecule has 6 rings (SSSR count). The van der Waals surface area contributed by atoms with Gasteiger partial charge in [-0.2, -0.15) is 5.10 Å². The van der Waals surface area contributed by atoms with Crippen molar-refractivity contribution in [2.45, 2.75) is 62.7 Å². The highest BCUT2D eigenvalue weighted by Crippen LogP contribution is 2.24. The van der Waals surface area contributed by atoms with E-state index < -0.39 is 53.8 Å². The van der Waals surface area contributed by atoms with Crippen molar-refractivity contribution in [2.75, 3.05) is 20.2 Å². The fourth-order valence-electron chi connectivity index (χ4n) is 6.53. The molecule has 0 aliphatic carbocycles. The lowest BCUT2D eigenvalue weighted by Gasteiger charge is -2.29. The van der Waals surface area contributed by atoms with Gasteiger partial charge in [-0.25, -0.2) is 9.48 Å².